The van der Waals surface area contributed by atoms with Crippen LogP contribution in [0.25, 0.3) is 0 Å². The molecule has 0 amide bonds. The van der Waals surface area contributed by atoms with Gasteiger partial charge in [0.1, 0.15) is 24.5 Å². The van der Waals surface area contributed by atoms with Crippen LogP contribution in [0.3, 0.4) is 0 Å². The van der Waals surface area contributed by atoms with E-state index in [4.69, 9.17) is 16.3 Å². The molecule has 6 heteroatoms. The van der Waals surface area contributed by atoms with Gasteiger partial charge in [-0.25, -0.2) is 4.98 Å². The van der Waals surface area contributed by atoms with Crippen molar-refractivity contribution in [3.05, 3.63) is 75.8 Å². The number of nitrogens with zero attached hydrogens (tertiary/aromatic N) is 2. The lowest BCUT2D eigenvalue weighted by Gasteiger charge is -2.16. The quantitative estimate of drug-likeness (QED) is 0.642. The number of aryl methyl sites for hydroxylation is 2. The van der Waals surface area contributed by atoms with Gasteiger partial charge in [-0.05, 0) is 43.5 Å². The SMILES string of the molecule is Cc1cc(CN[C@H](C)c2ncn[nH]2)cc(C)c1OCc1ccccc1Cl. The van der Waals surface area contributed by atoms with Crippen molar-refractivity contribution in [2.75, 3.05) is 0 Å². The van der Waals surface area contributed by atoms with Crippen LogP contribution < -0.4 is 10.1 Å². The second kappa shape index (κ2) is 8.34. The molecule has 0 unspecified atom stereocenters. The Morgan fingerprint density at radius 2 is 1.92 bits per heavy atom. The van der Waals surface area contributed by atoms with Gasteiger partial charge in [0.15, 0.2) is 0 Å². The Hall–Kier alpha value is -2.37. The minimum atomic E-state index is 0.106. The molecule has 136 valence electrons. The van der Waals surface area contributed by atoms with Crippen LogP contribution in [0.1, 0.15) is 41.0 Å². The van der Waals surface area contributed by atoms with Gasteiger partial charge in [-0.15, -0.1) is 0 Å². The number of aromatic nitrogens is 3. The first-order valence-corrected chi connectivity index (χ1v) is 8.97. The zero-order chi connectivity index (χ0) is 18.5. The minimum Gasteiger partial charge on any atom is -0.488 e. The number of aromatic amines is 1. The molecular formula is C20H23ClN4O. The van der Waals surface area contributed by atoms with Gasteiger partial charge < -0.3 is 10.1 Å². The van der Waals surface area contributed by atoms with Crippen LogP contribution in [0.15, 0.2) is 42.7 Å². The molecule has 1 aromatic heterocycles. The molecule has 5 nitrogen and oxygen atoms in total. The maximum Gasteiger partial charge on any atom is 0.141 e. The molecule has 0 radical (unpaired) electrons. The second-order valence-electron chi connectivity index (χ2n) is 6.41. The smallest absolute Gasteiger partial charge is 0.141 e. The predicted molar refractivity (Wildman–Crippen MR) is 103 cm³/mol. The maximum absolute atomic E-state index is 6.21. The van der Waals surface area contributed by atoms with Crippen molar-refractivity contribution >= 4 is 11.6 Å². The molecule has 3 rings (SSSR count). The van der Waals surface area contributed by atoms with E-state index in [-0.39, 0.29) is 6.04 Å². The summed E-state index contributed by atoms with van der Waals surface area (Å²) in [5, 5.41) is 11.0. The summed E-state index contributed by atoms with van der Waals surface area (Å²) in [6, 6.07) is 12.2. The van der Waals surface area contributed by atoms with Crippen molar-refractivity contribution in [1.29, 1.82) is 0 Å². The summed E-state index contributed by atoms with van der Waals surface area (Å²) in [7, 11) is 0. The van der Waals surface area contributed by atoms with Gasteiger partial charge in [-0.2, -0.15) is 5.10 Å². The molecular weight excluding hydrogens is 348 g/mol. The van der Waals surface area contributed by atoms with Crippen molar-refractivity contribution in [3.63, 3.8) is 0 Å². The molecule has 1 atom stereocenters. The van der Waals surface area contributed by atoms with Crippen LogP contribution in [0.2, 0.25) is 5.02 Å². The van der Waals surface area contributed by atoms with Crippen molar-refractivity contribution in [2.24, 2.45) is 0 Å². The molecule has 1 heterocycles. The van der Waals surface area contributed by atoms with E-state index in [0.717, 1.165) is 39.8 Å². The van der Waals surface area contributed by atoms with Crippen molar-refractivity contribution in [1.82, 2.24) is 20.5 Å². The fourth-order valence-electron chi connectivity index (χ4n) is 2.93. The van der Waals surface area contributed by atoms with Crippen molar-refractivity contribution in [3.8, 4) is 5.75 Å². The predicted octanol–water partition coefficient (Wildman–Crippen LogP) is 4.50. The van der Waals surface area contributed by atoms with Crippen LogP contribution in [0.4, 0.5) is 0 Å². The third-order valence-electron chi connectivity index (χ3n) is 4.31. The summed E-state index contributed by atoms with van der Waals surface area (Å²) in [5.74, 6) is 1.75. The van der Waals surface area contributed by atoms with E-state index in [9.17, 15) is 0 Å². The van der Waals surface area contributed by atoms with E-state index in [2.05, 4.69) is 53.4 Å². The summed E-state index contributed by atoms with van der Waals surface area (Å²) in [4.78, 5) is 4.18. The summed E-state index contributed by atoms with van der Waals surface area (Å²) in [6.45, 7) is 7.40. The Morgan fingerprint density at radius 3 is 2.58 bits per heavy atom. The highest BCUT2D eigenvalue weighted by Gasteiger charge is 2.11. The molecule has 0 spiro atoms. The van der Waals surface area contributed by atoms with E-state index in [1.165, 1.54) is 11.9 Å². The molecule has 3 aromatic rings. The lowest BCUT2D eigenvalue weighted by Crippen LogP contribution is -2.19. The minimum absolute atomic E-state index is 0.106. The van der Waals surface area contributed by atoms with Crippen LogP contribution in [-0.2, 0) is 13.2 Å². The first-order valence-electron chi connectivity index (χ1n) is 8.59. The lowest BCUT2D eigenvalue weighted by atomic mass is 10.1. The van der Waals surface area contributed by atoms with E-state index >= 15 is 0 Å². The molecule has 0 fully saturated rings. The number of halogens is 1. The van der Waals surface area contributed by atoms with Gasteiger partial charge in [0.2, 0.25) is 0 Å². The number of rotatable bonds is 7. The zero-order valence-corrected chi connectivity index (χ0v) is 16.0. The van der Waals surface area contributed by atoms with Gasteiger partial charge in [0, 0.05) is 17.1 Å². The molecule has 0 aliphatic carbocycles. The fourth-order valence-corrected chi connectivity index (χ4v) is 3.12. The molecule has 2 N–H and O–H groups in total. The highest BCUT2D eigenvalue weighted by atomic mass is 35.5. The van der Waals surface area contributed by atoms with E-state index in [1.807, 2.05) is 24.3 Å². The third kappa shape index (κ3) is 4.42. The summed E-state index contributed by atoms with van der Waals surface area (Å²) in [6.07, 6.45) is 1.52. The number of nitrogens with one attached hydrogen (secondary N) is 2. The summed E-state index contributed by atoms with van der Waals surface area (Å²) >= 11 is 6.21. The fraction of sp³-hybridized carbons (Fsp3) is 0.300. The second-order valence-corrected chi connectivity index (χ2v) is 6.82. The number of hydrogen-bond donors (Lipinski definition) is 2. The molecule has 0 aliphatic heterocycles. The highest BCUT2D eigenvalue weighted by molar-refractivity contribution is 6.31. The lowest BCUT2D eigenvalue weighted by molar-refractivity contribution is 0.302. The van der Waals surface area contributed by atoms with Gasteiger partial charge in [-0.3, -0.25) is 5.10 Å². The van der Waals surface area contributed by atoms with E-state index in [1.54, 1.807) is 0 Å². The number of hydrogen-bond acceptors (Lipinski definition) is 4. The Balaban J connectivity index is 1.65. The Kier molecular flexibility index (Phi) is 5.91. The normalized spacial score (nSPS) is 12.2. The first kappa shape index (κ1) is 18.4. The molecule has 0 saturated heterocycles. The maximum atomic E-state index is 6.21. The molecule has 26 heavy (non-hydrogen) atoms. The molecule has 2 aromatic carbocycles. The van der Waals surface area contributed by atoms with Crippen LogP contribution in [0, 0.1) is 13.8 Å². The van der Waals surface area contributed by atoms with Crippen LogP contribution >= 0.6 is 11.6 Å². The third-order valence-corrected chi connectivity index (χ3v) is 4.67. The van der Waals surface area contributed by atoms with Crippen molar-refractivity contribution < 1.29 is 4.74 Å². The average Bonchev–Trinajstić information content (AvgIpc) is 3.15. The zero-order valence-electron chi connectivity index (χ0n) is 15.2. The number of ether oxygens (including phenoxy) is 1. The van der Waals surface area contributed by atoms with Gasteiger partial charge in [0.05, 0.1) is 6.04 Å². The number of benzene rings is 2. The van der Waals surface area contributed by atoms with E-state index in [0.29, 0.717) is 6.61 Å². The Labute approximate surface area is 158 Å². The Morgan fingerprint density at radius 1 is 1.19 bits per heavy atom. The van der Waals surface area contributed by atoms with E-state index < -0.39 is 0 Å². The molecule has 0 aliphatic rings. The topological polar surface area (TPSA) is 62.8 Å². The highest BCUT2D eigenvalue weighted by Crippen LogP contribution is 2.27. The number of H-pyrrole nitrogens is 1. The van der Waals surface area contributed by atoms with Crippen LogP contribution in [0.5, 0.6) is 5.75 Å². The monoisotopic (exact) mass is 370 g/mol. The largest absolute Gasteiger partial charge is 0.488 e. The molecule has 0 saturated carbocycles. The van der Waals surface area contributed by atoms with Gasteiger partial charge in [-0.1, -0.05) is 41.9 Å². The Bertz CT molecular complexity index is 841. The average molecular weight is 371 g/mol. The first-order chi connectivity index (χ1) is 12.5. The van der Waals surface area contributed by atoms with Gasteiger partial charge >= 0.3 is 0 Å². The summed E-state index contributed by atoms with van der Waals surface area (Å²) < 4.78 is 6.05. The standard InChI is InChI=1S/C20H23ClN4O/c1-13-8-16(10-22-15(3)20-23-12-24-25-20)9-14(2)19(13)26-11-17-6-4-5-7-18(17)21/h4-9,12,15,22H,10-11H2,1-3H3,(H,23,24,25)/t15-/m1/s1. The molecule has 0 bridgehead atoms. The van der Waals surface area contributed by atoms with Crippen LogP contribution in [-0.4, -0.2) is 15.2 Å². The van der Waals surface area contributed by atoms with Crippen molar-refractivity contribution in [2.45, 2.75) is 40.0 Å². The van der Waals surface area contributed by atoms with Gasteiger partial charge in [0.25, 0.3) is 0 Å². The summed E-state index contributed by atoms with van der Waals surface area (Å²) in [5.41, 5.74) is 4.42.